The molecule has 1 amide bonds. The summed E-state index contributed by atoms with van der Waals surface area (Å²) in [5.41, 5.74) is 2.98. The summed E-state index contributed by atoms with van der Waals surface area (Å²) in [6.45, 7) is 7.10. The zero-order chi connectivity index (χ0) is 19.2. The highest BCUT2D eigenvalue weighted by Gasteiger charge is 2.17. The Balaban J connectivity index is 1.69. The molecule has 0 bridgehead atoms. The van der Waals surface area contributed by atoms with Crippen LogP contribution < -0.4 is 5.32 Å². The number of nitrogens with zero attached hydrogens (tertiary/aromatic N) is 2. The Morgan fingerprint density at radius 3 is 2.37 bits per heavy atom. The number of amides is 1. The van der Waals surface area contributed by atoms with E-state index in [4.69, 9.17) is 0 Å². The van der Waals surface area contributed by atoms with E-state index in [9.17, 15) is 4.79 Å². The van der Waals surface area contributed by atoms with Gasteiger partial charge in [-0.2, -0.15) is 0 Å². The average Bonchev–Trinajstić information content (AvgIpc) is 3.07. The lowest BCUT2D eigenvalue weighted by Gasteiger charge is -2.21. The fraction of sp³-hybridized carbons (Fsp3) is 0.304. The number of aryl methyl sites for hydroxylation is 1. The van der Waals surface area contributed by atoms with E-state index >= 15 is 0 Å². The number of benzene rings is 2. The lowest BCUT2D eigenvalue weighted by atomic mass is 9.96. The fourth-order valence-corrected chi connectivity index (χ4v) is 3.21. The third-order valence-corrected chi connectivity index (χ3v) is 4.71. The Hall–Kier alpha value is -2.88. The smallest absolute Gasteiger partial charge is 0.251 e. The summed E-state index contributed by atoms with van der Waals surface area (Å²) in [5, 5.41) is 3.20. The molecule has 27 heavy (non-hydrogen) atoms. The number of hydrogen-bond donors (Lipinski definition) is 1. The first-order valence-electron chi connectivity index (χ1n) is 9.45. The van der Waals surface area contributed by atoms with Gasteiger partial charge in [0.15, 0.2) is 0 Å². The number of hydrogen-bond acceptors (Lipinski definition) is 2. The Kier molecular flexibility index (Phi) is 6.07. The number of nitrogens with one attached hydrogen (secondary N) is 1. The monoisotopic (exact) mass is 361 g/mol. The normalized spacial score (nSPS) is 12.1. The third-order valence-electron chi connectivity index (χ3n) is 4.71. The molecule has 3 rings (SSSR count). The second-order valence-electron chi connectivity index (χ2n) is 7.37. The van der Waals surface area contributed by atoms with Crippen LogP contribution in [0, 0.1) is 12.8 Å². The van der Waals surface area contributed by atoms with Crippen LogP contribution in [0.3, 0.4) is 0 Å². The first kappa shape index (κ1) is 18.9. The standard InChI is InChI=1S/C23H27N3O/c1-17(2)15-22(20-7-5-4-6-8-20)25-23(27)21-11-9-19(10-12-21)16-26-14-13-24-18(26)3/h4-14,17,22H,15-16H2,1-3H3,(H,25,27). The average molecular weight is 361 g/mol. The number of rotatable bonds is 7. The van der Waals surface area contributed by atoms with Crippen molar-refractivity contribution in [2.45, 2.75) is 39.8 Å². The molecular weight excluding hydrogens is 334 g/mol. The molecule has 4 heteroatoms. The molecule has 0 aliphatic heterocycles. The van der Waals surface area contributed by atoms with Crippen molar-refractivity contribution in [1.82, 2.24) is 14.9 Å². The number of carbonyl (C=O) groups is 1. The maximum Gasteiger partial charge on any atom is 0.251 e. The van der Waals surface area contributed by atoms with E-state index in [1.165, 1.54) is 0 Å². The van der Waals surface area contributed by atoms with E-state index in [-0.39, 0.29) is 11.9 Å². The van der Waals surface area contributed by atoms with Crippen molar-refractivity contribution in [2.24, 2.45) is 5.92 Å². The molecule has 1 heterocycles. The highest BCUT2D eigenvalue weighted by atomic mass is 16.1. The summed E-state index contributed by atoms with van der Waals surface area (Å²) in [6.07, 6.45) is 4.68. The molecule has 0 aliphatic carbocycles. The summed E-state index contributed by atoms with van der Waals surface area (Å²) in [7, 11) is 0. The van der Waals surface area contributed by atoms with E-state index in [1.54, 1.807) is 6.20 Å². The van der Waals surface area contributed by atoms with Gasteiger partial charge in [-0.25, -0.2) is 4.98 Å². The molecule has 1 N–H and O–H groups in total. The van der Waals surface area contributed by atoms with Gasteiger partial charge in [0.1, 0.15) is 5.82 Å². The molecule has 0 saturated carbocycles. The molecule has 0 aliphatic rings. The van der Waals surface area contributed by atoms with Crippen molar-refractivity contribution in [3.63, 3.8) is 0 Å². The molecule has 0 spiro atoms. The van der Waals surface area contributed by atoms with Crippen LogP contribution in [0.15, 0.2) is 67.0 Å². The molecule has 0 saturated heterocycles. The SMILES string of the molecule is Cc1nccn1Cc1ccc(C(=O)NC(CC(C)C)c2ccccc2)cc1. The summed E-state index contributed by atoms with van der Waals surface area (Å²) in [6, 6.07) is 18.0. The van der Waals surface area contributed by atoms with Gasteiger partial charge < -0.3 is 9.88 Å². The largest absolute Gasteiger partial charge is 0.345 e. The van der Waals surface area contributed by atoms with E-state index in [0.717, 1.165) is 29.9 Å². The Labute approximate surface area is 161 Å². The van der Waals surface area contributed by atoms with E-state index in [1.807, 2.05) is 55.6 Å². The fourth-order valence-electron chi connectivity index (χ4n) is 3.21. The van der Waals surface area contributed by atoms with Gasteiger partial charge in [-0.15, -0.1) is 0 Å². The van der Waals surface area contributed by atoms with E-state index in [0.29, 0.717) is 11.5 Å². The minimum absolute atomic E-state index is 0.0203. The Morgan fingerprint density at radius 2 is 1.78 bits per heavy atom. The second kappa shape index (κ2) is 8.67. The van der Waals surface area contributed by atoms with Gasteiger partial charge in [0.25, 0.3) is 5.91 Å². The van der Waals surface area contributed by atoms with Crippen LogP contribution >= 0.6 is 0 Å². The minimum Gasteiger partial charge on any atom is -0.345 e. The minimum atomic E-state index is -0.0325. The number of imidazole rings is 1. The predicted octanol–water partition coefficient (Wildman–Crippen LogP) is 4.76. The number of carbonyl (C=O) groups excluding carboxylic acids is 1. The van der Waals surface area contributed by atoms with Crippen LogP contribution in [-0.4, -0.2) is 15.5 Å². The zero-order valence-corrected chi connectivity index (χ0v) is 16.2. The lowest BCUT2D eigenvalue weighted by molar-refractivity contribution is 0.0932. The molecule has 0 radical (unpaired) electrons. The molecule has 1 atom stereocenters. The Morgan fingerprint density at radius 1 is 1.07 bits per heavy atom. The van der Waals surface area contributed by atoms with Gasteiger partial charge in [-0.1, -0.05) is 56.3 Å². The number of aromatic nitrogens is 2. The van der Waals surface area contributed by atoms with Crippen LogP contribution in [0.4, 0.5) is 0 Å². The quantitative estimate of drug-likeness (QED) is 0.660. The third kappa shape index (κ3) is 5.07. The van der Waals surface area contributed by atoms with Gasteiger partial charge in [0.05, 0.1) is 6.04 Å². The highest BCUT2D eigenvalue weighted by Crippen LogP contribution is 2.21. The van der Waals surface area contributed by atoms with Gasteiger partial charge >= 0.3 is 0 Å². The van der Waals surface area contributed by atoms with Crippen LogP contribution in [0.5, 0.6) is 0 Å². The van der Waals surface area contributed by atoms with Gasteiger partial charge in [0.2, 0.25) is 0 Å². The van der Waals surface area contributed by atoms with Crippen LogP contribution in [0.25, 0.3) is 0 Å². The van der Waals surface area contributed by atoms with Crippen molar-refractivity contribution in [3.05, 3.63) is 89.5 Å². The van der Waals surface area contributed by atoms with Crippen molar-refractivity contribution in [2.75, 3.05) is 0 Å². The first-order chi connectivity index (χ1) is 13.0. The molecule has 0 fully saturated rings. The summed E-state index contributed by atoms with van der Waals surface area (Å²) < 4.78 is 2.09. The van der Waals surface area contributed by atoms with E-state index in [2.05, 4.69) is 40.8 Å². The Bertz CT molecular complexity index is 866. The highest BCUT2D eigenvalue weighted by molar-refractivity contribution is 5.94. The molecule has 1 unspecified atom stereocenters. The predicted molar refractivity (Wildman–Crippen MR) is 109 cm³/mol. The van der Waals surface area contributed by atoms with Crippen LogP contribution in [-0.2, 0) is 6.54 Å². The van der Waals surface area contributed by atoms with Crippen molar-refractivity contribution in [3.8, 4) is 0 Å². The summed E-state index contributed by atoms with van der Waals surface area (Å²) >= 11 is 0. The topological polar surface area (TPSA) is 46.9 Å². The molecule has 140 valence electrons. The van der Waals surface area contributed by atoms with Crippen LogP contribution in [0.2, 0.25) is 0 Å². The first-order valence-corrected chi connectivity index (χ1v) is 9.45. The zero-order valence-electron chi connectivity index (χ0n) is 16.2. The van der Waals surface area contributed by atoms with Crippen molar-refractivity contribution in [1.29, 1.82) is 0 Å². The lowest BCUT2D eigenvalue weighted by Crippen LogP contribution is -2.29. The molecule has 2 aromatic carbocycles. The summed E-state index contributed by atoms with van der Waals surface area (Å²) in [4.78, 5) is 17.0. The van der Waals surface area contributed by atoms with E-state index < -0.39 is 0 Å². The molecule has 1 aromatic heterocycles. The van der Waals surface area contributed by atoms with Crippen molar-refractivity contribution >= 4 is 5.91 Å². The molecule has 3 aromatic rings. The van der Waals surface area contributed by atoms with Crippen LogP contribution in [0.1, 0.15) is 53.6 Å². The maximum absolute atomic E-state index is 12.8. The second-order valence-corrected chi connectivity index (χ2v) is 7.37. The summed E-state index contributed by atoms with van der Waals surface area (Å²) in [5.74, 6) is 1.45. The maximum atomic E-state index is 12.8. The van der Waals surface area contributed by atoms with Gasteiger partial charge in [0, 0.05) is 24.5 Å². The molecule has 4 nitrogen and oxygen atoms in total. The van der Waals surface area contributed by atoms with Gasteiger partial charge in [-0.05, 0) is 42.5 Å². The molecular formula is C23H27N3O. The van der Waals surface area contributed by atoms with Gasteiger partial charge in [-0.3, -0.25) is 4.79 Å². The van der Waals surface area contributed by atoms with Crippen molar-refractivity contribution < 1.29 is 4.79 Å².